The van der Waals surface area contributed by atoms with Gasteiger partial charge in [0.15, 0.2) is 0 Å². The zero-order valence-electron chi connectivity index (χ0n) is 14.4. The quantitative estimate of drug-likeness (QED) is 0.624. The summed E-state index contributed by atoms with van der Waals surface area (Å²) in [6.07, 6.45) is 0.571. The number of hydrogen-bond donors (Lipinski definition) is 0. The first-order valence-corrected chi connectivity index (χ1v) is 8.52. The summed E-state index contributed by atoms with van der Waals surface area (Å²) in [7, 11) is 3.19. The van der Waals surface area contributed by atoms with Gasteiger partial charge in [-0.25, -0.2) is 4.79 Å². The molecule has 1 aromatic carbocycles. The lowest BCUT2D eigenvalue weighted by Crippen LogP contribution is -2.44. The van der Waals surface area contributed by atoms with E-state index in [1.807, 2.05) is 6.07 Å². The first kappa shape index (κ1) is 14.6. The second kappa shape index (κ2) is 4.65. The maximum absolute atomic E-state index is 12.6. The van der Waals surface area contributed by atoms with Crippen LogP contribution in [0.25, 0.3) is 10.9 Å². The van der Waals surface area contributed by atoms with Gasteiger partial charge in [-0.1, -0.05) is 18.2 Å². The Kier molecular flexibility index (Phi) is 2.71. The largest absolute Gasteiger partial charge is 0.472 e. The monoisotopic (exact) mass is 337 g/mol. The highest BCUT2D eigenvalue weighted by Gasteiger charge is 2.42. The Morgan fingerprint density at radius 1 is 1.12 bits per heavy atom. The van der Waals surface area contributed by atoms with Crippen LogP contribution in [0.4, 0.5) is 0 Å². The van der Waals surface area contributed by atoms with E-state index in [0.717, 1.165) is 6.54 Å². The Balaban J connectivity index is 1.73. The number of aryl methyl sites for hydroxylation is 1. The highest BCUT2D eigenvalue weighted by atomic mass is 16.5. The van der Waals surface area contributed by atoms with E-state index in [0.29, 0.717) is 17.9 Å². The Hall–Kier alpha value is -2.76. The molecule has 0 radical (unpaired) electrons. The second-order valence-electron chi connectivity index (χ2n) is 7.09. The number of ether oxygens (including phenoxy) is 1. The second-order valence-corrected chi connectivity index (χ2v) is 7.09. The zero-order chi connectivity index (χ0) is 17.5. The molecule has 128 valence electrons. The molecule has 5 rings (SSSR count). The van der Waals surface area contributed by atoms with E-state index in [4.69, 9.17) is 4.74 Å². The minimum Gasteiger partial charge on any atom is -0.472 e. The maximum atomic E-state index is 12.6. The van der Waals surface area contributed by atoms with E-state index >= 15 is 0 Å². The smallest absolute Gasteiger partial charge is 0.333 e. The molecular formula is C19H19N3O3. The Labute approximate surface area is 143 Å². The van der Waals surface area contributed by atoms with Crippen LogP contribution in [0.1, 0.15) is 22.7 Å². The number of hydrogen-bond acceptors (Lipinski definition) is 3. The third-order valence-electron chi connectivity index (χ3n) is 5.82. The molecule has 2 aliphatic heterocycles. The summed E-state index contributed by atoms with van der Waals surface area (Å²) in [6.45, 7) is 2.89. The van der Waals surface area contributed by atoms with Crippen molar-refractivity contribution >= 4 is 10.9 Å². The fraction of sp³-hybridized carbons (Fsp3) is 0.368. The van der Waals surface area contributed by atoms with E-state index in [1.54, 1.807) is 7.05 Å². The summed E-state index contributed by atoms with van der Waals surface area (Å²) in [6, 6.07) is 8.38. The van der Waals surface area contributed by atoms with Crippen LogP contribution in [0.2, 0.25) is 0 Å². The third-order valence-corrected chi connectivity index (χ3v) is 5.82. The van der Waals surface area contributed by atoms with Gasteiger partial charge in [0.2, 0.25) is 5.88 Å². The average molecular weight is 337 g/mol. The van der Waals surface area contributed by atoms with Gasteiger partial charge in [0.25, 0.3) is 5.56 Å². The first-order chi connectivity index (χ1) is 12.0. The number of benzene rings is 1. The summed E-state index contributed by atoms with van der Waals surface area (Å²) in [4.78, 5) is 24.8. The van der Waals surface area contributed by atoms with Gasteiger partial charge in [-0.05, 0) is 25.0 Å². The van der Waals surface area contributed by atoms with Crippen molar-refractivity contribution in [2.75, 3.05) is 0 Å². The molecule has 0 unspecified atom stereocenters. The molecule has 2 atom stereocenters. The lowest BCUT2D eigenvalue weighted by Gasteiger charge is -2.29. The van der Waals surface area contributed by atoms with Gasteiger partial charge in [-0.15, -0.1) is 0 Å². The molecule has 4 heterocycles. The van der Waals surface area contributed by atoms with Gasteiger partial charge >= 0.3 is 5.69 Å². The van der Waals surface area contributed by atoms with Crippen LogP contribution in [0.15, 0.2) is 33.9 Å². The number of nitrogens with zero attached hydrogens (tertiary/aromatic N) is 3. The Bertz CT molecular complexity index is 1170. The Morgan fingerprint density at radius 3 is 2.68 bits per heavy atom. The van der Waals surface area contributed by atoms with Gasteiger partial charge < -0.3 is 9.30 Å². The van der Waals surface area contributed by atoms with Crippen molar-refractivity contribution in [2.24, 2.45) is 14.1 Å². The number of para-hydroxylation sites is 1. The number of aromatic nitrogens is 3. The molecule has 6 nitrogen and oxygen atoms in total. The van der Waals surface area contributed by atoms with Crippen molar-refractivity contribution in [3.8, 4) is 5.88 Å². The summed E-state index contributed by atoms with van der Waals surface area (Å²) >= 11 is 0. The highest BCUT2D eigenvalue weighted by molar-refractivity contribution is 5.86. The minimum absolute atomic E-state index is 0.0384. The first-order valence-electron chi connectivity index (χ1n) is 8.52. The lowest BCUT2D eigenvalue weighted by atomic mass is 9.89. The van der Waals surface area contributed by atoms with E-state index in [9.17, 15) is 9.59 Å². The molecule has 2 aliphatic rings. The van der Waals surface area contributed by atoms with Crippen LogP contribution in [0.5, 0.6) is 5.88 Å². The van der Waals surface area contributed by atoms with Crippen LogP contribution in [-0.4, -0.2) is 19.8 Å². The van der Waals surface area contributed by atoms with Crippen molar-refractivity contribution in [1.82, 2.24) is 13.7 Å². The Morgan fingerprint density at radius 2 is 1.88 bits per heavy atom. The normalized spacial score (nSPS) is 20.9. The molecule has 25 heavy (non-hydrogen) atoms. The number of fused-ring (bicyclic) bond motifs is 6. The summed E-state index contributed by atoms with van der Waals surface area (Å²) in [5.74, 6) is 0.576. The molecule has 0 aliphatic carbocycles. The molecule has 0 saturated carbocycles. The summed E-state index contributed by atoms with van der Waals surface area (Å²) in [5.41, 5.74) is 3.73. The van der Waals surface area contributed by atoms with Crippen LogP contribution >= 0.6 is 0 Å². The van der Waals surface area contributed by atoms with E-state index in [1.165, 1.54) is 38.3 Å². The van der Waals surface area contributed by atoms with Crippen molar-refractivity contribution < 1.29 is 4.74 Å². The zero-order valence-corrected chi connectivity index (χ0v) is 14.4. The van der Waals surface area contributed by atoms with Gasteiger partial charge in [0, 0.05) is 36.6 Å². The van der Waals surface area contributed by atoms with Crippen LogP contribution in [-0.2, 0) is 27.1 Å². The van der Waals surface area contributed by atoms with Crippen molar-refractivity contribution in [3.63, 3.8) is 0 Å². The molecular weight excluding hydrogens is 318 g/mol. The van der Waals surface area contributed by atoms with E-state index < -0.39 is 0 Å². The van der Waals surface area contributed by atoms with Gasteiger partial charge in [-0.3, -0.25) is 13.9 Å². The molecule has 0 bridgehead atoms. The van der Waals surface area contributed by atoms with Crippen molar-refractivity contribution in [1.29, 1.82) is 0 Å². The third kappa shape index (κ3) is 1.69. The van der Waals surface area contributed by atoms with Gasteiger partial charge in [0.1, 0.15) is 6.10 Å². The van der Waals surface area contributed by atoms with E-state index in [2.05, 4.69) is 29.7 Å². The van der Waals surface area contributed by atoms with Crippen LogP contribution in [0, 0.1) is 6.92 Å². The molecule has 3 aromatic rings. The summed E-state index contributed by atoms with van der Waals surface area (Å²) < 4.78 is 11.1. The molecule has 0 amide bonds. The molecule has 0 spiro atoms. The van der Waals surface area contributed by atoms with Crippen molar-refractivity contribution in [3.05, 3.63) is 61.9 Å². The van der Waals surface area contributed by atoms with E-state index in [-0.39, 0.29) is 23.3 Å². The maximum Gasteiger partial charge on any atom is 0.333 e. The van der Waals surface area contributed by atoms with Gasteiger partial charge in [0.05, 0.1) is 12.1 Å². The van der Waals surface area contributed by atoms with Gasteiger partial charge in [-0.2, -0.15) is 0 Å². The fourth-order valence-corrected chi connectivity index (χ4v) is 4.59. The highest BCUT2D eigenvalue weighted by Crippen LogP contribution is 2.44. The molecule has 6 heteroatoms. The van der Waals surface area contributed by atoms with Crippen LogP contribution in [0.3, 0.4) is 0 Å². The number of rotatable bonds is 0. The topological polar surface area (TPSA) is 58.2 Å². The molecule has 0 saturated heterocycles. The predicted octanol–water partition coefficient (Wildman–Crippen LogP) is 1.45. The average Bonchev–Trinajstić information content (AvgIpc) is 3.13. The SMILES string of the molecule is Cc1c2n(c3ccccc13)C[C@@H]1Oc3c(c(=O)n(C)c(=O)n3C)C[C@H]21. The standard InChI is InChI=1S/C19H19N3O3/c1-10-11-6-4-5-7-14(11)22-9-15-12(16(10)22)8-13-17(23)20(2)19(24)21(3)18(13)25-15/h4-7,12,15H,8-9H2,1-3H3/t12-,15-/m0/s1. The minimum atomic E-state index is -0.346. The fourth-order valence-electron chi connectivity index (χ4n) is 4.59. The summed E-state index contributed by atoms with van der Waals surface area (Å²) in [5, 5.41) is 1.26. The van der Waals surface area contributed by atoms with Crippen molar-refractivity contribution in [2.45, 2.75) is 31.9 Å². The molecule has 2 aromatic heterocycles. The molecule has 0 N–H and O–H groups in total. The molecule has 0 fully saturated rings. The predicted molar refractivity (Wildman–Crippen MR) is 94.5 cm³/mol. The van der Waals surface area contributed by atoms with Crippen LogP contribution < -0.4 is 16.0 Å². The lowest BCUT2D eigenvalue weighted by molar-refractivity contribution is 0.138.